The van der Waals surface area contributed by atoms with Crippen LogP contribution in [-0.4, -0.2) is 58.7 Å². The van der Waals surface area contributed by atoms with Crippen molar-refractivity contribution in [2.75, 3.05) is 0 Å². The molecular formula is C12H18F6MoO10S2. The van der Waals surface area contributed by atoms with Gasteiger partial charge in [-0.15, -0.1) is 0 Å². The number of aliphatic hydroxyl groups excluding tert-OH is 2. The molecule has 0 fully saturated rings. The maximum absolute atomic E-state index is 10.7. The van der Waals surface area contributed by atoms with E-state index in [-0.39, 0.29) is 44.2 Å². The van der Waals surface area contributed by atoms with Crippen LogP contribution in [0.2, 0.25) is 0 Å². The number of carbonyl (C=O) groups excluding carboxylic acids is 2. The Labute approximate surface area is 187 Å². The molecule has 0 bridgehead atoms. The number of rotatable bonds is 2. The molecule has 0 aromatic rings. The molecule has 0 aliphatic rings. The Hall–Kier alpha value is -1.49. The molecule has 0 unspecified atom stereocenters. The Morgan fingerprint density at radius 1 is 0.645 bits per heavy atom. The number of aliphatic hydroxyl groups is 2. The molecule has 0 saturated heterocycles. The van der Waals surface area contributed by atoms with Crippen molar-refractivity contribution < 1.29 is 93.2 Å². The van der Waals surface area contributed by atoms with Crippen LogP contribution < -0.4 is 0 Å². The van der Waals surface area contributed by atoms with Crippen LogP contribution in [0.3, 0.4) is 0 Å². The van der Waals surface area contributed by atoms with Crippen molar-refractivity contribution in [1.82, 2.24) is 0 Å². The minimum atomic E-state index is -5.84. The summed E-state index contributed by atoms with van der Waals surface area (Å²) in [6, 6.07) is 0. The first-order valence-electron chi connectivity index (χ1n) is 6.58. The standard InChI is InChI=1S/2C5H8O2.2CHF3O3S.Mo/c2*1-4(6)3-5(2)7;2*2-1(3,4)8(5,6)7;/h2*3,6H,1-2H3;2*(H,5,6,7);/b2*4-3-;;;. The Bertz CT molecular complexity index is 749. The average Bonchev–Trinajstić information content (AvgIpc) is 2.31. The van der Waals surface area contributed by atoms with Gasteiger partial charge in [-0.1, -0.05) is 0 Å². The second-order valence-electron chi connectivity index (χ2n) is 4.63. The van der Waals surface area contributed by atoms with Crippen molar-refractivity contribution in [2.45, 2.75) is 38.7 Å². The van der Waals surface area contributed by atoms with E-state index in [1.807, 2.05) is 0 Å². The molecule has 0 radical (unpaired) electrons. The normalized spacial score (nSPS) is 12.4. The fourth-order valence-electron chi connectivity index (χ4n) is 0.588. The number of hydrogen-bond acceptors (Lipinski definition) is 8. The van der Waals surface area contributed by atoms with Gasteiger partial charge in [0.25, 0.3) is 0 Å². The van der Waals surface area contributed by atoms with Crippen molar-refractivity contribution >= 4 is 31.8 Å². The quantitative estimate of drug-likeness (QED) is 0.0924. The molecule has 0 amide bonds. The Morgan fingerprint density at radius 2 is 0.774 bits per heavy atom. The fraction of sp³-hybridized carbons (Fsp3) is 0.500. The number of carbonyl (C=O) groups is 2. The third-order valence-corrected chi connectivity index (χ3v) is 2.58. The first-order valence-corrected chi connectivity index (χ1v) is 9.46. The molecule has 0 heterocycles. The van der Waals surface area contributed by atoms with Crippen LogP contribution in [0.4, 0.5) is 26.3 Å². The van der Waals surface area contributed by atoms with Gasteiger partial charge in [0.05, 0.1) is 11.5 Å². The minimum Gasteiger partial charge on any atom is -0.512 e. The summed E-state index contributed by atoms with van der Waals surface area (Å²) in [7, 11) is -11.7. The number of alkyl halides is 6. The molecule has 0 atom stereocenters. The van der Waals surface area contributed by atoms with Crippen LogP contribution in [-0.2, 0) is 50.9 Å². The van der Waals surface area contributed by atoms with Gasteiger partial charge in [-0.2, -0.15) is 43.2 Å². The maximum atomic E-state index is 10.7. The zero-order chi connectivity index (χ0) is 25.7. The van der Waals surface area contributed by atoms with Crippen molar-refractivity contribution in [3.05, 3.63) is 23.7 Å². The van der Waals surface area contributed by atoms with Gasteiger partial charge < -0.3 is 10.2 Å². The third kappa shape index (κ3) is 33.4. The van der Waals surface area contributed by atoms with Gasteiger partial charge in [-0.05, 0) is 27.7 Å². The second-order valence-corrected chi connectivity index (χ2v) is 7.46. The molecule has 0 aromatic heterocycles. The summed E-state index contributed by atoms with van der Waals surface area (Å²) >= 11 is 0. The van der Waals surface area contributed by atoms with Gasteiger partial charge in [0, 0.05) is 33.2 Å². The molecule has 19 heteroatoms. The molecule has 0 rings (SSSR count). The van der Waals surface area contributed by atoms with Gasteiger partial charge in [0.15, 0.2) is 11.6 Å². The summed E-state index contributed by atoms with van der Waals surface area (Å²) in [5, 5.41) is 16.7. The van der Waals surface area contributed by atoms with Crippen LogP contribution in [0.25, 0.3) is 0 Å². The SMILES string of the molecule is CC(=O)/C=C(/C)O.CC(=O)/C=C(/C)O.O=S(=O)(O)C(F)(F)F.O=S(=O)(O)C(F)(F)F.[Mo]. The fourth-order valence-corrected chi connectivity index (χ4v) is 0.588. The molecule has 31 heavy (non-hydrogen) atoms. The number of hydrogen-bond donors (Lipinski definition) is 4. The number of allylic oxidation sites excluding steroid dienone is 4. The summed E-state index contributed by atoms with van der Waals surface area (Å²) < 4.78 is 115. The molecule has 186 valence electrons. The van der Waals surface area contributed by atoms with Crippen LogP contribution in [0, 0.1) is 0 Å². The summed E-state index contributed by atoms with van der Waals surface area (Å²) in [5.74, 6) is -0.125. The van der Waals surface area contributed by atoms with Crippen LogP contribution in [0.1, 0.15) is 27.7 Å². The summed E-state index contributed by atoms with van der Waals surface area (Å²) in [4.78, 5) is 20.0. The van der Waals surface area contributed by atoms with Crippen LogP contribution >= 0.6 is 0 Å². The summed E-state index contributed by atoms with van der Waals surface area (Å²) in [5.41, 5.74) is -11.1. The van der Waals surface area contributed by atoms with E-state index in [1.54, 1.807) is 0 Å². The van der Waals surface area contributed by atoms with Gasteiger partial charge in [-0.25, -0.2) is 0 Å². The van der Waals surface area contributed by atoms with E-state index in [1.165, 1.54) is 39.8 Å². The summed E-state index contributed by atoms with van der Waals surface area (Å²) in [6.45, 7) is 5.70. The largest absolute Gasteiger partial charge is 0.522 e. The van der Waals surface area contributed by atoms with E-state index >= 15 is 0 Å². The first-order chi connectivity index (χ1) is 12.8. The molecular weight excluding hydrogens is 578 g/mol. The second kappa shape index (κ2) is 16.2. The maximum Gasteiger partial charge on any atom is 0.522 e. The van der Waals surface area contributed by atoms with Crippen molar-refractivity contribution in [3.8, 4) is 0 Å². The van der Waals surface area contributed by atoms with Gasteiger partial charge in [0.2, 0.25) is 0 Å². The molecule has 0 aliphatic carbocycles. The predicted molar refractivity (Wildman–Crippen MR) is 89.3 cm³/mol. The Morgan fingerprint density at radius 3 is 0.774 bits per heavy atom. The molecule has 0 saturated carbocycles. The van der Waals surface area contributed by atoms with Crippen LogP contribution in [0.5, 0.6) is 0 Å². The van der Waals surface area contributed by atoms with E-state index in [4.69, 9.17) is 36.2 Å². The molecule has 0 spiro atoms. The van der Waals surface area contributed by atoms with E-state index < -0.39 is 31.3 Å². The monoisotopic (exact) mass is 598 g/mol. The van der Waals surface area contributed by atoms with Gasteiger partial charge in [-0.3, -0.25) is 18.7 Å². The van der Waals surface area contributed by atoms with Crippen molar-refractivity contribution in [2.24, 2.45) is 0 Å². The van der Waals surface area contributed by atoms with Crippen molar-refractivity contribution in [3.63, 3.8) is 0 Å². The number of ketones is 2. The Kier molecular flexibility index (Phi) is 20.8. The predicted octanol–water partition coefficient (Wildman–Crippen LogP) is 2.86. The summed E-state index contributed by atoms with van der Waals surface area (Å²) in [6.07, 6.45) is 2.33. The van der Waals surface area contributed by atoms with E-state index in [0.29, 0.717) is 0 Å². The van der Waals surface area contributed by atoms with E-state index in [0.717, 1.165) is 0 Å². The third-order valence-electron chi connectivity index (χ3n) is 1.41. The van der Waals surface area contributed by atoms with E-state index in [2.05, 4.69) is 0 Å². The van der Waals surface area contributed by atoms with Gasteiger partial charge in [0.1, 0.15) is 0 Å². The topological polar surface area (TPSA) is 183 Å². The van der Waals surface area contributed by atoms with Crippen LogP contribution in [0.15, 0.2) is 23.7 Å². The van der Waals surface area contributed by atoms with Gasteiger partial charge >= 0.3 is 31.3 Å². The molecule has 0 aliphatic heterocycles. The first kappa shape index (κ1) is 39.9. The number of halogens is 6. The zero-order valence-electron chi connectivity index (χ0n) is 15.9. The van der Waals surface area contributed by atoms with E-state index in [9.17, 15) is 35.9 Å². The average molecular weight is 596 g/mol. The zero-order valence-corrected chi connectivity index (χ0v) is 19.5. The molecule has 4 N–H and O–H groups in total. The molecule has 10 nitrogen and oxygen atoms in total. The Balaban J connectivity index is -0.0000000961. The minimum absolute atomic E-state index is 0. The smallest absolute Gasteiger partial charge is 0.512 e. The van der Waals surface area contributed by atoms with Crippen molar-refractivity contribution in [1.29, 1.82) is 0 Å². The molecule has 0 aromatic carbocycles.